The number of carbonyl (C=O) groups excluding carboxylic acids is 1. The Labute approximate surface area is 184 Å². The first-order valence-electron chi connectivity index (χ1n) is 7.94. The zero-order valence-electron chi connectivity index (χ0n) is 14.4. The lowest BCUT2D eigenvalue weighted by Crippen LogP contribution is -2.33. The van der Waals surface area contributed by atoms with Crippen LogP contribution in [0.2, 0.25) is 0 Å². The first-order chi connectivity index (χ1) is 13.6. The monoisotopic (exact) mass is 491 g/mol. The molecule has 0 aliphatic rings. The quantitative estimate of drug-likeness (QED) is 0.524. The summed E-state index contributed by atoms with van der Waals surface area (Å²) in [6.07, 6.45) is 0. The van der Waals surface area contributed by atoms with Crippen LogP contribution < -0.4 is 10.5 Å². The molecule has 0 saturated carbocycles. The van der Waals surface area contributed by atoms with E-state index in [0.717, 1.165) is 4.57 Å². The molecule has 3 rings (SSSR count). The second kappa shape index (κ2) is 8.45. The summed E-state index contributed by atoms with van der Waals surface area (Å²) < 4.78 is 25.1. The Kier molecular flexibility index (Phi) is 6.35. The van der Waals surface area contributed by atoms with Crippen molar-refractivity contribution in [3.63, 3.8) is 0 Å². The average Bonchev–Trinajstić information content (AvgIpc) is 2.99. The van der Waals surface area contributed by atoms with Gasteiger partial charge in [0.25, 0.3) is 19.7 Å². The molecule has 12 heteroatoms. The number of carbonyl (C=O) groups is 1. The van der Waals surface area contributed by atoms with E-state index in [0.29, 0.717) is 20.5 Å². The summed E-state index contributed by atoms with van der Waals surface area (Å²) in [5.41, 5.74) is -0.201. The van der Waals surface area contributed by atoms with Gasteiger partial charge >= 0.3 is 5.69 Å². The van der Waals surface area contributed by atoms with Crippen LogP contribution >= 0.6 is 46.3 Å². The minimum Gasteiger partial charge on any atom is -0.267 e. The highest BCUT2D eigenvalue weighted by Crippen LogP contribution is 2.27. The molecule has 0 N–H and O–H groups in total. The Hall–Kier alpha value is -1.91. The average molecular weight is 493 g/mol. The van der Waals surface area contributed by atoms with E-state index in [1.807, 2.05) is 0 Å². The summed E-state index contributed by atoms with van der Waals surface area (Å²) >= 11 is 17.1. The number of benzene rings is 2. The van der Waals surface area contributed by atoms with E-state index in [1.54, 1.807) is 36.4 Å². The zero-order valence-corrected chi connectivity index (χ0v) is 18.3. The van der Waals surface area contributed by atoms with E-state index in [-0.39, 0.29) is 16.2 Å². The fourth-order valence-electron chi connectivity index (χ4n) is 2.32. The summed E-state index contributed by atoms with van der Waals surface area (Å²) in [6, 6.07) is 16.2. The van der Waals surface area contributed by atoms with E-state index in [2.05, 4.69) is 4.99 Å². The normalized spacial score (nSPS) is 12.9. The molecule has 0 spiro atoms. The van der Waals surface area contributed by atoms with Crippen LogP contribution in [0.1, 0.15) is 5.56 Å². The highest BCUT2D eigenvalue weighted by atomic mass is 35.6. The molecule has 2 aromatic carbocycles. The van der Waals surface area contributed by atoms with Crippen LogP contribution in [0, 0.1) is 0 Å². The van der Waals surface area contributed by atoms with Crippen LogP contribution in [0.15, 0.2) is 75.3 Å². The molecule has 0 fully saturated rings. The summed E-state index contributed by atoms with van der Waals surface area (Å²) in [4.78, 5) is 28.4. The van der Waals surface area contributed by atoms with Crippen LogP contribution in [0.3, 0.4) is 0 Å². The Morgan fingerprint density at radius 3 is 2.10 bits per heavy atom. The van der Waals surface area contributed by atoms with Gasteiger partial charge in [-0.3, -0.25) is 9.36 Å². The van der Waals surface area contributed by atoms with Gasteiger partial charge in [0.05, 0.1) is 11.4 Å². The van der Waals surface area contributed by atoms with Gasteiger partial charge in [-0.25, -0.2) is 4.79 Å². The SMILES string of the molecule is O=C(N=c1sn(S(=O)(=O)c2ccccc2)c(=O)n1Cc1ccccc1)C(Cl)(Cl)Cl. The second-order valence-corrected chi connectivity index (χ2v) is 10.9. The fraction of sp³-hybridized carbons (Fsp3) is 0.118. The van der Waals surface area contributed by atoms with Crippen molar-refractivity contribution in [3.05, 3.63) is 81.5 Å². The molecule has 0 bridgehead atoms. The smallest absolute Gasteiger partial charge is 0.267 e. The van der Waals surface area contributed by atoms with Crippen molar-refractivity contribution in [1.29, 1.82) is 0 Å². The molecule has 7 nitrogen and oxygen atoms in total. The number of amides is 1. The van der Waals surface area contributed by atoms with Crippen LogP contribution in [-0.2, 0) is 21.4 Å². The van der Waals surface area contributed by atoms with E-state index < -0.39 is 25.4 Å². The van der Waals surface area contributed by atoms with E-state index in [9.17, 15) is 18.0 Å². The lowest BCUT2D eigenvalue weighted by atomic mass is 10.2. The number of halogens is 3. The Balaban J connectivity index is 2.23. The summed E-state index contributed by atoms with van der Waals surface area (Å²) in [5.74, 6) is -1.14. The van der Waals surface area contributed by atoms with E-state index in [4.69, 9.17) is 34.8 Å². The van der Waals surface area contributed by atoms with Gasteiger partial charge in [-0.1, -0.05) is 83.3 Å². The number of nitrogens with zero attached hydrogens (tertiary/aromatic N) is 3. The lowest BCUT2D eigenvalue weighted by Gasteiger charge is -2.04. The molecule has 1 amide bonds. The van der Waals surface area contributed by atoms with Crippen molar-refractivity contribution in [2.75, 3.05) is 0 Å². The first kappa shape index (κ1) is 21.8. The van der Waals surface area contributed by atoms with Crippen molar-refractivity contribution in [2.24, 2.45) is 4.99 Å². The van der Waals surface area contributed by atoms with Crippen molar-refractivity contribution < 1.29 is 13.2 Å². The molecular formula is C17H12Cl3N3O4S2. The third kappa shape index (κ3) is 4.81. The van der Waals surface area contributed by atoms with Crippen LogP contribution in [0.4, 0.5) is 0 Å². The number of hydrogen-bond donors (Lipinski definition) is 0. The minimum absolute atomic E-state index is 0.0283. The van der Waals surface area contributed by atoms with Gasteiger partial charge in [-0.05, 0) is 17.7 Å². The van der Waals surface area contributed by atoms with Gasteiger partial charge in [-0.15, -0.1) is 3.36 Å². The van der Waals surface area contributed by atoms with Crippen LogP contribution in [0.25, 0.3) is 0 Å². The largest absolute Gasteiger partial charge is 0.354 e. The van der Waals surface area contributed by atoms with Gasteiger partial charge in [0, 0.05) is 11.5 Å². The summed E-state index contributed by atoms with van der Waals surface area (Å²) in [5, 5.41) is 0. The van der Waals surface area contributed by atoms with E-state index in [1.165, 1.54) is 24.3 Å². The maximum Gasteiger partial charge on any atom is 0.354 e. The Bertz CT molecular complexity index is 1260. The highest BCUT2D eigenvalue weighted by molar-refractivity contribution is 7.91. The number of hydrogen-bond acceptors (Lipinski definition) is 5. The fourth-order valence-corrected chi connectivity index (χ4v) is 4.98. The second-order valence-electron chi connectivity index (χ2n) is 5.69. The van der Waals surface area contributed by atoms with Gasteiger partial charge in [-0.2, -0.15) is 13.4 Å². The molecular weight excluding hydrogens is 481 g/mol. The standard InChI is InChI=1S/C17H12Cl3N3O4S2/c18-17(19,20)14(24)21-15-22(11-12-7-3-1-4-8-12)16(25)23(28-15)29(26,27)13-9-5-2-6-10-13/h1-10H,11H2. The van der Waals surface area contributed by atoms with Gasteiger partial charge in [0.1, 0.15) is 0 Å². The van der Waals surface area contributed by atoms with Gasteiger partial charge < -0.3 is 0 Å². The Morgan fingerprint density at radius 2 is 1.55 bits per heavy atom. The zero-order chi connectivity index (χ0) is 21.2. The molecule has 0 atom stereocenters. The molecule has 1 heterocycles. The molecule has 29 heavy (non-hydrogen) atoms. The maximum atomic E-state index is 12.9. The minimum atomic E-state index is -4.20. The molecule has 0 radical (unpaired) electrons. The van der Waals surface area contributed by atoms with Crippen LogP contribution in [0.5, 0.6) is 0 Å². The number of alkyl halides is 3. The topological polar surface area (TPSA) is 90.5 Å². The molecule has 0 saturated heterocycles. The number of rotatable bonds is 4. The predicted octanol–water partition coefficient (Wildman–Crippen LogP) is 2.79. The summed E-state index contributed by atoms with van der Waals surface area (Å²) in [6.45, 7) is -0.0283. The van der Waals surface area contributed by atoms with Crippen molar-refractivity contribution in [1.82, 2.24) is 7.93 Å². The maximum absolute atomic E-state index is 12.9. The number of aromatic nitrogens is 2. The van der Waals surface area contributed by atoms with Crippen molar-refractivity contribution in [3.8, 4) is 0 Å². The third-order valence-corrected chi connectivity index (χ3v) is 7.22. The molecule has 3 aromatic rings. The van der Waals surface area contributed by atoms with Crippen molar-refractivity contribution in [2.45, 2.75) is 15.2 Å². The van der Waals surface area contributed by atoms with E-state index >= 15 is 0 Å². The predicted molar refractivity (Wildman–Crippen MR) is 112 cm³/mol. The van der Waals surface area contributed by atoms with Crippen molar-refractivity contribution >= 4 is 62.3 Å². The molecule has 152 valence electrons. The van der Waals surface area contributed by atoms with Gasteiger partial charge in [0.15, 0.2) is 0 Å². The highest BCUT2D eigenvalue weighted by Gasteiger charge is 2.31. The summed E-state index contributed by atoms with van der Waals surface area (Å²) in [7, 11) is -4.20. The Morgan fingerprint density at radius 1 is 1.00 bits per heavy atom. The first-order valence-corrected chi connectivity index (χ1v) is 11.3. The van der Waals surface area contributed by atoms with Gasteiger partial charge in [0.2, 0.25) is 4.80 Å². The molecule has 0 aliphatic heterocycles. The molecule has 0 aliphatic carbocycles. The lowest BCUT2D eigenvalue weighted by molar-refractivity contribution is -0.117. The molecule has 1 aromatic heterocycles. The third-order valence-electron chi connectivity index (χ3n) is 3.67. The molecule has 0 unspecified atom stereocenters. The van der Waals surface area contributed by atoms with Crippen LogP contribution in [-0.4, -0.2) is 26.0 Å².